The molecule has 0 N–H and O–H groups in total. The number of morpholine rings is 2. The third kappa shape index (κ3) is 2.98. The van der Waals surface area contributed by atoms with Crippen molar-refractivity contribution in [2.24, 2.45) is 0 Å². The molecule has 0 spiro atoms. The summed E-state index contributed by atoms with van der Waals surface area (Å²) in [5, 5.41) is 0. The quantitative estimate of drug-likeness (QED) is 0.713. The van der Waals surface area contributed by atoms with E-state index in [0.29, 0.717) is 0 Å². The van der Waals surface area contributed by atoms with Gasteiger partial charge in [-0.2, -0.15) is 0 Å². The molecular formula is C12H24N2O3. The lowest BCUT2D eigenvalue weighted by Gasteiger charge is -2.50. The highest BCUT2D eigenvalue weighted by atomic mass is 16.5. The van der Waals surface area contributed by atoms with Crippen molar-refractivity contribution in [2.75, 3.05) is 59.2 Å². The third-order valence-electron chi connectivity index (χ3n) is 3.61. The van der Waals surface area contributed by atoms with Crippen molar-refractivity contribution in [3.63, 3.8) is 0 Å². The van der Waals surface area contributed by atoms with Crippen molar-refractivity contribution in [1.82, 2.24) is 9.80 Å². The number of nitrogens with zero attached hydrogens (tertiary/aromatic N) is 2. The second-order valence-electron chi connectivity index (χ2n) is 4.57. The van der Waals surface area contributed by atoms with Crippen molar-refractivity contribution < 1.29 is 14.2 Å². The third-order valence-corrected chi connectivity index (χ3v) is 3.61. The molecule has 2 saturated heterocycles. The summed E-state index contributed by atoms with van der Waals surface area (Å²) in [7, 11) is 0. The van der Waals surface area contributed by atoms with Crippen molar-refractivity contribution in [3.05, 3.63) is 0 Å². The average Bonchev–Trinajstić information content (AvgIpc) is 2.41. The molecule has 2 aliphatic heterocycles. The van der Waals surface area contributed by atoms with Gasteiger partial charge in [-0.15, -0.1) is 0 Å². The molecule has 0 aromatic heterocycles. The number of ether oxygens (including phenoxy) is 3. The molecule has 0 radical (unpaired) electrons. The minimum absolute atomic E-state index is 0.303. The molecule has 0 aromatic rings. The van der Waals surface area contributed by atoms with Crippen LogP contribution in [0.4, 0.5) is 0 Å². The lowest BCUT2D eigenvalue weighted by molar-refractivity contribution is -0.259. The number of rotatable bonds is 4. The molecule has 0 atom stereocenters. The van der Waals surface area contributed by atoms with Crippen molar-refractivity contribution in [2.45, 2.75) is 19.7 Å². The first-order valence-electron chi connectivity index (χ1n) is 6.57. The van der Waals surface area contributed by atoms with Crippen LogP contribution in [-0.4, -0.2) is 74.9 Å². The second kappa shape index (κ2) is 6.11. The maximum absolute atomic E-state index is 6.05. The zero-order chi connectivity index (χ0) is 12.1. The SMILES string of the molecule is CCOC(C)(N1CCOCC1)N1CCOCC1. The van der Waals surface area contributed by atoms with Crippen LogP contribution in [0.5, 0.6) is 0 Å². The van der Waals surface area contributed by atoms with E-state index in [2.05, 4.69) is 23.6 Å². The molecule has 2 aliphatic rings. The first kappa shape index (κ1) is 13.2. The normalized spacial score (nSPS) is 25.1. The highest BCUT2D eigenvalue weighted by molar-refractivity contribution is 4.81. The van der Waals surface area contributed by atoms with E-state index in [-0.39, 0.29) is 5.85 Å². The van der Waals surface area contributed by atoms with Gasteiger partial charge < -0.3 is 14.2 Å². The Bertz CT molecular complexity index is 208. The minimum Gasteiger partial charge on any atom is -0.379 e. The summed E-state index contributed by atoms with van der Waals surface area (Å²) in [5.41, 5.74) is 0. The van der Waals surface area contributed by atoms with Crippen LogP contribution in [0, 0.1) is 0 Å². The van der Waals surface area contributed by atoms with Gasteiger partial charge in [-0.05, 0) is 13.8 Å². The Labute approximate surface area is 104 Å². The Hall–Kier alpha value is -0.200. The Morgan fingerprint density at radius 3 is 1.71 bits per heavy atom. The van der Waals surface area contributed by atoms with Crippen LogP contribution in [0.2, 0.25) is 0 Å². The Morgan fingerprint density at radius 1 is 0.941 bits per heavy atom. The predicted molar refractivity (Wildman–Crippen MR) is 64.8 cm³/mol. The van der Waals surface area contributed by atoms with Crippen LogP contribution >= 0.6 is 0 Å². The Kier molecular flexibility index (Phi) is 4.76. The van der Waals surface area contributed by atoms with Crippen LogP contribution in [-0.2, 0) is 14.2 Å². The molecule has 5 heteroatoms. The second-order valence-corrected chi connectivity index (χ2v) is 4.57. The fraction of sp³-hybridized carbons (Fsp3) is 1.00. The summed E-state index contributed by atoms with van der Waals surface area (Å²) in [4.78, 5) is 4.76. The molecule has 2 fully saturated rings. The molecule has 5 nitrogen and oxygen atoms in total. The van der Waals surface area contributed by atoms with E-state index in [1.165, 1.54) is 0 Å². The summed E-state index contributed by atoms with van der Waals surface area (Å²) in [6.07, 6.45) is 0. The van der Waals surface area contributed by atoms with Gasteiger partial charge in [0.05, 0.1) is 26.4 Å². The summed E-state index contributed by atoms with van der Waals surface area (Å²) in [6.45, 7) is 11.9. The monoisotopic (exact) mass is 244 g/mol. The molecular weight excluding hydrogens is 220 g/mol. The van der Waals surface area contributed by atoms with Gasteiger partial charge in [0.2, 0.25) is 0 Å². The molecule has 100 valence electrons. The lowest BCUT2D eigenvalue weighted by atomic mass is 10.2. The van der Waals surface area contributed by atoms with E-state index in [1.54, 1.807) is 0 Å². The zero-order valence-corrected chi connectivity index (χ0v) is 11.0. The van der Waals surface area contributed by atoms with Gasteiger partial charge in [0.25, 0.3) is 0 Å². The van der Waals surface area contributed by atoms with Crippen LogP contribution in [0.15, 0.2) is 0 Å². The van der Waals surface area contributed by atoms with Gasteiger partial charge in [0.1, 0.15) is 0 Å². The minimum atomic E-state index is -0.303. The van der Waals surface area contributed by atoms with Gasteiger partial charge in [0, 0.05) is 32.8 Å². The van der Waals surface area contributed by atoms with E-state index in [1.807, 2.05) is 0 Å². The Morgan fingerprint density at radius 2 is 1.35 bits per heavy atom. The summed E-state index contributed by atoms with van der Waals surface area (Å²) < 4.78 is 16.9. The summed E-state index contributed by atoms with van der Waals surface area (Å²) in [5.74, 6) is -0.303. The van der Waals surface area contributed by atoms with Crippen molar-refractivity contribution in [1.29, 1.82) is 0 Å². The van der Waals surface area contributed by atoms with Gasteiger partial charge >= 0.3 is 0 Å². The smallest absolute Gasteiger partial charge is 0.177 e. The predicted octanol–water partition coefficient (Wildman–Crippen LogP) is 0.361. The molecule has 2 rings (SSSR count). The molecule has 0 amide bonds. The molecule has 0 unspecified atom stereocenters. The number of hydrogen-bond donors (Lipinski definition) is 0. The van der Waals surface area contributed by atoms with Crippen molar-refractivity contribution >= 4 is 0 Å². The maximum atomic E-state index is 6.05. The summed E-state index contributed by atoms with van der Waals surface area (Å²) >= 11 is 0. The molecule has 0 aromatic carbocycles. The van der Waals surface area contributed by atoms with Crippen LogP contribution in [0.25, 0.3) is 0 Å². The van der Waals surface area contributed by atoms with E-state index >= 15 is 0 Å². The standard InChI is InChI=1S/C12H24N2O3/c1-3-17-12(2,13-4-8-15-9-5-13)14-6-10-16-11-7-14/h3-11H2,1-2H3. The maximum Gasteiger partial charge on any atom is 0.177 e. The first-order chi connectivity index (χ1) is 8.27. The zero-order valence-electron chi connectivity index (χ0n) is 11.0. The average molecular weight is 244 g/mol. The van der Waals surface area contributed by atoms with E-state index in [4.69, 9.17) is 14.2 Å². The Balaban J connectivity index is 2.05. The fourth-order valence-electron chi connectivity index (χ4n) is 2.61. The molecule has 17 heavy (non-hydrogen) atoms. The molecule has 0 aliphatic carbocycles. The van der Waals surface area contributed by atoms with E-state index < -0.39 is 0 Å². The fourth-order valence-corrected chi connectivity index (χ4v) is 2.61. The highest BCUT2D eigenvalue weighted by Gasteiger charge is 2.40. The lowest BCUT2D eigenvalue weighted by Crippen LogP contribution is -2.65. The number of hydrogen-bond acceptors (Lipinski definition) is 5. The topological polar surface area (TPSA) is 34.2 Å². The van der Waals surface area contributed by atoms with Crippen LogP contribution in [0.3, 0.4) is 0 Å². The largest absolute Gasteiger partial charge is 0.379 e. The molecule has 0 bridgehead atoms. The first-order valence-corrected chi connectivity index (χ1v) is 6.57. The van der Waals surface area contributed by atoms with Crippen molar-refractivity contribution in [3.8, 4) is 0 Å². The van der Waals surface area contributed by atoms with E-state index in [0.717, 1.165) is 59.2 Å². The molecule has 2 heterocycles. The van der Waals surface area contributed by atoms with Gasteiger partial charge in [0.15, 0.2) is 5.85 Å². The summed E-state index contributed by atoms with van der Waals surface area (Å²) in [6, 6.07) is 0. The molecule has 0 saturated carbocycles. The van der Waals surface area contributed by atoms with Gasteiger partial charge in [-0.1, -0.05) is 0 Å². The van der Waals surface area contributed by atoms with Crippen LogP contribution in [0.1, 0.15) is 13.8 Å². The highest BCUT2D eigenvalue weighted by Crippen LogP contribution is 2.24. The van der Waals surface area contributed by atoms with Gasteiger partial charge in [-0.3, -0.25) is 9.80 Å². The van der Waals surface area contributed by atoms with Crippen LogP contribution < -0.4 is 0 Å². The van der Waals surface area contributed by atoms with Gasteiger partial charge in [-0.25, -0.2) is 0 Å². The van der Waals surface area contributed by atoms with E-state index in [9.17, 15) is 0 Å².